The molecule has 2 nitrogen and oxygen atoms in total. The quantitative estimate of drug-likeness (QED) is 0.513. The molecule has 0 aliphatic heterocycles. The van der Waals surface area contributed by atoms with Crippen molar-refractivity contribution in [2.75, 3.05) is 7.11 Å². The fourth-order valence-corrected chi connectivity index (χ4v) is 0.918. The molecule has 3 heteroatoms. The van der Waals surface area contributed by atoms with Crippen LogP contribution in [-0.2, 0) is 4.74 Å². The number of Topliss-reactive ketones (excluding diaryl/α,β-unsaturated/α-hetero) is 1. The average molecular weight is 180 g/mol. The van der Waals surface area contributed by atoms with E-state index in [0.717, 1.165) is 0 Å². The third-order valence-corrected chi connectivity index (χ3v) is 1.76. The zero-order chi connectivity index (χ0) is 8.97. The number of ether oxygens (including phenoxy) is 1. The minimum Gasteiger partial charge on any atom is -0.484 e. The number of thiocarbonyl (C=S) groups is 1. The molecule has 1 aromatic rings. The van der Waals surface area contributed by atoms with Crippen molar-refractivity contribution in [2.45, 2.75) is 0 Å². The maximum absolute atomic E-state index is 11.3. The van der Waals surface area contributed by atoms with Gasteiger partial charge in [-0.2, -0.15) is 0 Å². The first-order valence-electron chi connectivity index (χ1n) is 3.43. The van der Waals surface area contributed by atoms with Crippen molar-refractivity contribution in [2.24, 2.45) is 0 Å². The summed E-state index contributed by atoms with van der Waals surface area (Å²) >= 11 is 4.69. The van der Waals surface area contributed by atoms with Gasteiger partial charge in [-0.1, -0.05) is 30.3 Å². The summed E-state index contributed by atoms with van der Waals surface area (Å²) in [6.45, 7) is 0. The van der Waals surface area contributed by atoms with Crippen LogP contribution in [0.3, 0.4) is 0 Å². The Kier molecular flexibility index (Phi) is 2.94. The van der Waals surface area contributed by atoms with Crippen LogP contribution in [-0.4, -0.2) is 17.9 Å². The van der Waals surface area contributed by atoms with Crippen LogP contribution in [0.2, 0.25) is 0 Å². The molecule has 12 heavy (non-hydrogen) atoms. The third kappa shape index (κ3) is 1.89. The highest BCUT2D eigenvalue weighted by Crippen LogP contribution is 2.01. The van der Waals surface area contributed by atoms with Crippen molar-refractivity contribution in [3.63, 3.8) is 0 Å². The van der Waals surface area contributed by atoms with Gasteiger partial charge in [-0.15, -0.1) is 0 Å². The summed E-state index contributed by atoms with van der Waals surface area (Å²) < 4.78 is 4.65. The second-order valence-corrected chi connectivity index (χ2v) is 2.56. The fourth-order valence-electron chi connectivity index (χ4n) is 0.800. The molecule has 0 aliphatic rings. The van der Waals surface area contributed by atoms with Crippen LogP contribution in [0.5, 0.6) is 0 Å². The van der Waals surface area contributed by atoms with E-state index in [1.807, 2.05) is 6.07 Å². The van der Waals surface area contributed by atoms with Gasteiger partial charge in [0, 0.05) is 5.56 Å². The summed E-state index contributed by atoms with van der Waals surface area (Å²) in [5.74, 6) is -0.242. The third-order valence-electron chi connectivity index (χ3n) is 1.41. The molecular formula is C9H8O2S. The Morgan fingerprint density at radius 3 is 2.42 bits per heavy atom. The van der Waals surface area contributed by atoms with E-state index in [-0.39, 0.29) is 10.8 Å². The van der Waals surface area contributed by atoms with Crippen LogP contribution in [0.1, 0.15) is 10.4 Å². The van der Waals surface area contributed by atoms with E-state index in [0.29, 0.717) is 5.56 Å². The molecule has 0 atom stereocenters. The molecule has 0 amide bonds. The molecule has 0 N–H and O–H groups in total. The van der Waals surface area contributed by atoms with Crippen molar-refractivity contribution in [1.29, 1.82) is 0 Å². The van der Waals surface area contributed by atoms with Gasteiger partial charge in [0.25, 0.3) is 0 Å². The normalized spacial score (nSPS) is 9.08. The minimum absolute atomic E-state index is 0.00111. The predicted octanol–water partition coefficient (Wildman–Crippen LogP) is 1.84. The lowest BCUT2D eigenvalue weighted by Crippen LogP contribution is -2.13. The molecule has 0 aliphatic carbocycles. The molecule has 0 fully saturated rings. The SMILES string of the molecule is COC(=S)C(=O)c1ccccc1. The van der Waals surface area contributed by atoms with E-state index in [9.17, 15) is 4.79 Å². The second kappa shape index (κ2) is 3.97. The highest BCUT2D eigenvalue weighted by Gasteiger charge is 2.10. The molecular weight excluding hydrogens is 172 g/mol. The zero-order valence-electron chi connectivity index (χ0n) is 6.61. The van der Waals surface area contributed by atoms with Gasteiger partial charge < -0.3 is 4.74 Å². The molecule has 0 heterocycles. The lowest BCUT2D eigenvalue weighted by Gasteiger charge is -1.99. The summed E-state index contributed by atoms with van der Waals surface area (Å²) in [6.07, 6.45) is 0. The number of carbonyl (C=O) groups is 1. The molecule has 0 unspecified atom stereocenters. The van der Waals surface area contributed by atoms with Gasteiger partial charge in [-0.25, -0.2) is 0 Å². The summed E-state index contributed by atoms with van der Waals surface area (Å²) in [4.78, 5) is 11.3. The van der Waals surface area contributed by atoms with Crippen LogP contribution in [0.15, 0.2) is 30.3 Å². The fraction of sp³-hybridized carbons (Fsp3) is 0.111. The highest BCUT2D eigenvalue weighted by molar-refractivity contribution is 7.81. The first kappa shape index (κ1) is 8.87. The molecule has 0 bridgehead atoms. The molecule has 1 aromatic carbocycles. The zero-order valence-corrected chi connectivity index (χ0v) is 7.43. The Bertz CT molecular complexity index is 293. The van der Waals surface area contributed by atoms with E-state index in [1.165, 1.54) is 7.11 Å². The molecule has 62 valence electrons. The molecule has 0 saturated carbocycles. The van der Waals surface area contributed by atoms with Gasteiger partial charge in [0.1, 0.15) is 0 Å². The lowest BCUT2D eigenvalue weighted by molar-refractivity contribution is 0.104. The largest absolute Gasteiger partial charge is 0.484 e. The van der Waals surface area contributed by atoms with E-state index in [1.54, 1.807) is 24.3 Å². The number of ketones is 1. The van der Waals surface area contributed by atoms with E-state index < -0.39 is 0 Å². The number of hydrogen-bond acceptors (Lipinski definition) is 3. The van der Waals surface area contributed by atoms with E-state index in [4.69, 9.17) is 0 Å². The van der Waals surface area contributed by atoms with Crippen molar-refractivity contribution >= 4 is 23.1 Å². The van der Waals surface area contributed by atoms with Crippen molar-refractivity contribution in [3.8, 4) is 0 Å². The Hall–Kier alpha value is -1.22. The Labute approximate surface area is 76.2 Å². The number of rotatable bonds is 2. The van der Waals surface area contributed by atoms with Crippen LogP contribution in [0.25, 0.3) is 0 Å². The first-order valence-corrected chi connectivity index (χ1v) is 3.84. The van der Waals surface area contributed by atoms with Gasteiger partial charge in [-0.3, -0.25) is 4.79 Å². The van der Waals surface area contributed by atoms with Crippen LogP contribution < -0.4 is 0 Å². The van der Waals surface area contributed by atoms with E-state index >= 15 is 0 Å². The van der Waals surface area contributed by atoms with Gasteiger partial charge in [0.05, 0.1) is 7.11 Å². The highest BCUT2D eigenvalue weighted by atomic mass is 32.1. The van der Waals surface area contributed by atoms with E-state index in [2.05, 4.69) is 17.0 Å². The summed E-state index contributed by atoms with van der Waals surface area (Å²) in [5.41, 5.74) is 0.560. The average Bonchev–Trinajstić information content (AvgIpc) is 2.17. The smallest absolute Gasteiger partial charge is 0.239 e. The Morgan fingerprint density at radius 1 is 1.33 bits per heavy atom. The summed E-state index contributed by atoms with van der Waals surface area (Å²) in [6, 6.07) is 8.81. The maximum Gasteiger partial charge on any atom is 0.239 e. The summed E-state index contributed by atoms with van der Waals surface area (Å²) in [5, 5.41) is 0.00111. The Morgan fingerprint density at radius 2 is 1.92 bits per heavy atom. The van der Waals surface area contributed by atoms with Gasteiger partial charge in [-0.05, 0) is 12.2 Å². The van der Waals surface area contributed by atoms with Crippen LogP contribution in [0.4, 0.5) is 0 Å². The topological polar surface area (TPSA) is 26.3 Å². The van der Waals surface area contributed by atoms with Gasteiger partial charge >= 0.3 is 0 Å². The molecule has 0 aromatic heterocycles. The molecule has 0 saturated heterocycles. The van der Waals surface area contributed by atoms with Crippen LogP contribution in [0, 0.1) is 0 Å². The molecule has 0 spiro atoms. The maximum atomic E-state index is 11.3. The van der Waals surface area contributed by atoms with Gasteiger partial charge in [0.2, 0.25) is 10.8 Å². The minimum atomic E-state index is -0.242. The number of carbonyl (C=O) groups excluding carboxylic acids is 1. The predicted molar refractivity (Wildman–Crippen MR) is 50.4 cm³/mol. The standard InChI is InChI=1S/C9H8O2S/c1-11-9(12)8(10)7-5-3-2-4-6-7/h2-6H,1H3. The van der Waals surface area contributed by atoms with Crippen LogP contribution >= 0.6 is 12.2 Å². The van der Waals surface area contributed by atoms with Crippen molar-refractivity contribution in [3.05, 3.63) is 35.9 Å². The van der Waals surface area contributed by atoms with Gasteiger partial charge in [0.15, 0.2) is 0 Å². The lowest BCUT2D eigenvalue weighted by atomic mass is 10.1. The molecule has 0 radical (unpaired) electrons. The number of hydrogen-bond donors (Lipinski definition) is 0. The number of benzene rings is 1. The molecule has 1 rings (SSSR count). The first-order chi connectivity index (χ1) is 5.75. The summed E-state index contributed by atoms with van der Waals surface area (Å²) in [7, 11) is 1.39. The monoisotopic (exact) mass is 180 g/mol. The number of methoxy groups -OCH3 is 1. The Balaban J connectivity index is 2.86. The van der Waals surface area contributed by atoms with Crippen molar-refractivity contribution < 1.29 is 9.53 Å². The second-order valence-electron chi connectivity index (χ2n) is 2.19. The van der Waals surface area contributed by atoms with Crippen molar-refractivity contribution in [1.82, 2.24) is 0 Å².